The van der Waals surface area contributed by atoms with Crippen LogP contribution in [0.15, 0.2) is 24.3 Å². The van der Waals surface area contributed by atoms with Crippen LogP contribution in [0.4, 0.5) is 0 Å². The number of rotatable bonds is 5. The minimum absolute atomic E-state index is 0.209. The number of ether oxygens (including phenoxy) is 2. The van der Waals surface area contributed by atoms with Crippen molar-refractivity contribution in [3.8, 4) is 5.75 Å². The van der Waals surface area contributed by atoms with Crippen molar-refractivity contribution in [2.24, 2.45) is 0 Å². The monoisotopic (exact) mass is 258 g/mol. The van der Waals surface area contributed by atoms with Gasteiger partial charge in [0.2, 0.25) is 0 Å². The molecule has 0 aliphatic carbocycles. The van der Waals surface area contributed by atoms with Crippen molar-refractivity contribution in [3.05, 3.63) is 29.8 Å². The zero-order chi connectivity index (χ0) is 12.9. The summed E-state index contributed by atoms with van der Waals surface area (Å²) in [6.45, 7) is 0. The molecule has 0 N–H and O–H groups in total. The average Bonchev–Trinajstić information content (AvgIpc) is 2.27. The lowest BCUT2D eigenvalue weighted by atomic mass is 10.2. The first kappa shape index (κ1) is 13.5. The number of carbonyl (C=O) groups is 1. The van der Waals surface area contributed by atoms with E-state index in [1.165, 1.54) is 7.11 Å². The van der Waals surface area contributed by atoms with Crippen molar-refractivity contribution in [3.63, 3.8) is 0 Å². The maximum atomic E-state index is 11.6. The number of hydrogen-bond acceptors (Lipinski definition) is 5. The van der Waals surface area contributed by atoms with Crippen LogP contribution in [-0.2, 0) is 25.1 Å². The Balaban J connectivity index is 2.79. The molecule has 0 heterocycles. The van der Waals surface area contributed by atoms with Gasteiger partial charge in [0.15, 0.2) is 9.84 Å². The molecule has 0 aliphatic heterocycles. The summed E-state index contributed by atoms with van der Waals surface area (Å²) in [4.78, 5) is 10.9. The van der Waals surface area contributed by atoms with Crippen molar-refractivity contribution in [2.45, 2.75) is 5.75 Å². The Morgan fingerprint density at radius 1 is 1.29 bits per heavy atom. The number of benzene rings is 1. The first-order valence-electron chi connectivity index (χ1n) is 4.87. The predicted molar refractivity (Wildman–Crippen MR) is 62.5 cm³/mol. The van der Waals surface area contributed by atoms with Gasteiger partial charge in [-0.05, 0) is 17.7 Å². The van der Waals surface area contributed by atoms with Gasteiger partial charge in [-0.1, -0.05) is 12.1 Å². The third-order valence-electron chi connectivity index (χ3n) is 2.09. The second kappa shape index (κ2) is 5.67. The van der Waals surface area contributed by atoms with Gasteiger partial charge in [0, 0.05) is 0 Å². The molecule has 1 aromatic carbocycles. The lowest BCUT2D eigenvalue weighted by Gasteiger charge is -2.05. The quantitative estimate of drug-likeness (QED) is 0.730. The summed E-state index contributed by atoms with van der Waals surface area (Å²) in [5, 5.41) is 0. The second-order valence-electron chi connectivity index (χ2n) is 3.46. The van der Waals surface area contributed by atoms with Gasteiger partial charge in [-0.2, -0.15) is 0 Å². The smallest absolute Gasteiger partial charge is 0.320 e. The molecule has 0 radical (unpaired) electrons. The van der Waals surface area contributed by atoms with Gasteiger partial charge in [-0.25, -0.2) is 8.42 Å². The maximum Gasteiger partial charge on any atom is 0.320 e. The van der Waals surface area contributed by atoms with Crippen LogP contribution < -0.4 is 4.74 Å². The molecule has 0 saturated carbocycles. The summed E-state index contributed by atoms with van der Waals surface area (Å²) in [6.07, 6.45) is 0. The molecular weight excluding hydrogens is 244 g/mol. The topological polar surface area (TPSA) is 69.7 Å². The molecule has 94 valence electrons. The van der Waals surface area contributed by atoms with Gasteiger partial charge in [0.05, 0.1) is 20.0 Å². The van der Waals surface area contributed by atoms with Gasteiger partial charge in [-0.15, -0.1) is 0 Å². The van der Waals surface area contributed by atoms with Gasteiger partial charge < -0.3 is 9.47 Å². The molecule has 0 aliphatic rings. The molecule has 0 spiro atoms. The first-order valence-corrected chi connectivity index (χ1v) is 6.69. The Morgan fingerprint density at radius 2 is 2.00 bits per heavy atom. The molecule has 0 aromatic heterocycles. The summed E-state index contributed by atoms with van der Waals surface area (Å²) < 4.78 is 32.6. The lowest BCUT2D eigenvalue weighted by Crippen LogP contribution is -2.18. The Kier molecular flexibility index (Phi) is 4.51. The highest BCUT2D eigenvalue weighted by atomic mass is 32.2. The number of esters is 1. The van der Waals surface area contributed by atoms with Crippen molar-refractivity contribution >= 4 is 15.8 Å². The van der Waals surface area contributed by atoms with Gasteiger partial charge in [0.25, 0.3) is 0 Å². The summed E-state index contributed by atoms with van der Waals surface area (Å²) >= 11 is 0. The predicted octanol–water partition coefficient (Wildman–Crippen LogP) is 0.783. The molecular formula is C11H14O5S. The van der Waals surface area contributed by atoms with Crippen molar-refractivity contribution in [2.75, 3.05) is 20.0 Å². The zero-order valence-electron chi connectivity index (χ0n) is 9.67. The lowest BCUT2D eigenvalue weighted by molar-refractivity contribution is -0.137. The van der Waals surface area contributed by atoms with Crippen LogP contribution >= 0.6 is 0 Å². The Bertz CT molecular complexity index is 492. The maximum absolute atomic E-state index is 11.6. The van der Waals surface area contributed by atoms with E-state index in [1.807, 2.05) is 0 Å². The fraction of sp³-hybridized carbons (Fsp3) is 0.364. The van der Waals surface area contributed by atoms with Gasteiger partial charge in [0.1, 0.15) is 11.5 Å². The highest BCUT2D eigenvalue weighted by Crippen LogP contribution is 2.15. The number of carbonyl (C=O) groups excluding carboxylic acids is 1. The van der Waals surface area contributed by atoms with E-state index in [2.05, 4.69) is 4.74 Å². The number of sulfone groups is 1. The van der Waals surface area contributed by atoms with Gasteiger partial charge >= 0.3 is 5.97 Å². The number of methoxy groups -OCH3 is 2. The SMILES string of the molecule is COC(=O)CS(=O)(=O)Cc1cccc(OC)c1. The Hall–Kier alpha value is -1.56. The Morgan fingerprint density at radius 3 is 2.59 bits per heavy atom. The molecule has 17 heavy (non-hydrogen) atoms. The molecule has 0 amide bonds. The summed E-state index contributed by atoms with van der Waals surface area (Å²) in [5.74, 6) is -0.997. The Labute approximate surface area is 100 Å². The minimum Gasteiger partial charge on any atom is -0.497 e. The van der Waals surface area contributed by atoms with Gasteiger partial charge in [-0.3, -0.25) is 4.79 Å². The van der Waals surface area contributed by atoms with E-state index in [4.69, 9.17) is 4.74 Å². The molecule has 6 heteroatoms. The first-order chi connectivity index (χ1) is 7.96. The molecule has 1 rings (SSSR count). The van der Waals surface area contributed by atoms with Crippen LogP contribution in [0.25, 0.3) is 0 Å². The molecule has 0 bridgehead atoms. The van der Waals surface area contributed by atoms with Crippen LogP contribution in [0.3, 0.4) is 0 Å². The van der Waals surface area contributed by atoms with Crippen LogP contribution in [0, 0.1) is 0 Å². The van der Waals surface area contributed by atoms with E-state index < -0.39 is 21.6 Å². The van der Waals surface area contributed by atoms with Crippen LogP contribution in [0.1, 0.15) is 5.56 Å². The van der Waals surface area contributed by atoms with Crippen molar-refractivity contribution < 1.29 is 22.7 Å². The fourth-order valence-electron chi connectivity index (χ4n) is 1.31. The third-order valence-corrected chi connectivity index (χ3v) is 3.53. The van der Waals surface area contributed by atoms with Crippen molar-refractivity contribution in [1.29, 1.82) is 0 Å². The van der Waals surface area contributed by atoms with E-state index in [9.17, 15) is 13.2 Å². The third kappa shape index (κ3) is 4.44. The van der Waals surface area contributed by atoms with Crippen molar-refractivity contribution in [1.82, 2.24) is 0 Å². The highest BCUT2D eigenvalue weighted by molar-refractivity contribution is 7.91. The van der Waals surface area contributed by atoms with E-state index in [0.717, 1.165) is 7.11 Å². The van der Waals surface area contributed by atoms with Crippen LogP contribution in [0.5, 0.6) is 5.75 Å². The molecule has 1 aromatic rings. The molecule has 0 unspecified atom stereocenters. The standard InChI is InChI=1S/C11H14O5S/c1-15-10-5-3-4-9(6-10)7-17(13,14)8-11(12)16-2/h3-6H,7-8H2,1-2H3. The molecule has 0 fully saturated rings. The van der Waals surface area contributed by atoms with E-state index >= 15 is 0 Å². The van der Waals surface area contributed by atoms with E-state index in [0.29, 0.717) is 11.3 Å². The van der Waals surface area contributed by atoms with E-state index in [-0.39, 0.29) is 5.75 Å². The fourth-order valence-corrected chi connectivity index (χ4v) is 2.57. The average molecular weight is 258 g/mol. The molecule has 0 saturated heterocycles. The largest absolute Gasteiger partial charge is 0.497 e. The summed E-state index contributed by atoms with van der Waals surface area (Å²) in [6, 6.07) is 6.70. The minimum atomic E-state index is -3.50. The van der Waals surface area contributed by atoms with E-state index in [1.54, 1.807) is 24.3 Å². The normalized spacial score (nSPS) is 10.9. The highest BCUT2D eigenvalue weighted by Gasteiger charge is 2.17. The van der Waals surface area contributed by atoms with Crippen LogP contribution in [0.2, 0.25) is 0 Å². The molecule has 0 atom stereocenters. The van der Waals surface area contributed by atoms with Crippen LogP contribution in [-0.4, -0.2) is 34.4 Å². The second-order valence-corrected chi connectivity index (χ2v) is 5.52. The summed E-state index contributed by atoms with van der Waals surface area (Å²) in [5.41, 5.74) is 0.577. The summed E-state index contributed by atoms with van der Waals surface area (Å²) in [7, 11) is -0.843. The zero-order valence-corrected chi connectivity index (χ0v) is 10.5. The molecule has 5 nitrogen and oxygen atoms in total. The number of hydrogen-bond donors (Lipinski definition) is 0.